The van der Waals surface area contributed by atoms with E-state index in [1.165, 1.54) is 11.8 Å². The molecule has 3 rings (SSSR count). The molecule has 9 heteroatoms. The Bertz CT molecular complexity index is 838. The molecule has 112 valence electrons. The minimum atomic E-state index is 0.0419. The van der Waals surface area contributed by atoms with Crippen molar-refractivity contribution in [2.45, 2.75) is 10.8 Å². The van der Waals surface area contributed by atoms with Gasteiger partial charge in [-0.05, 0) is 17.7 Å². The Kier molecular flexibility index (Phi) is 3.86. The van der Waals surface area contributed by atoms with Crippen LogP contribution in [0.3, 0.4) is 0 Å². The molecule has 0 aliphatic carbocycles. The number of nitrogen functional groups attached to an aromatic ring is 3. The zero-order chi connectivity index (χ0) is 15.7. The first-order chi connectivity index (χ1) is 10.5. The number of nitrogens with zero attached hydrogens (tertiary/aromatic N) is 4. The third-order valence-electron chi connectivity index (χ3n) is 2.86. The van der Waals surface area contributed by atoms with Crippen molar-refractivity contribution in [1.29, 1.82) is 0 Å². The lowest BCUT2D eigenvalue weighted by molar-refractivity contribution is 1.09. The Morgan fingerprint density at radius 1 is 0.909 bits per heavy atom. The smallest absolute Gasteiger partial charge is 0.224 e. The van der Waals surface area contributed by atoms with E-state index in [0.717, 1.165) is 5.56 Å². The highest BCUT2D eigenvalue weighted by Gasteiger charge is 2.12. The highest BCUT2D eigenvalue weighted by atomic mass is 35.5. The maximum Gasteiger partial charge on any atom is 0.224 e. The molecule has 0 atom stereocenters. The lowest BCUT2D eigenvalue weighted by atomic mass is 10.2. The summed E-state index contributed by atoms with van der Waals surface area (Å²) in [6.45, 7) is 0. The van der Waals surface area contributed by atoms with Crippen LogP contribution in [0, 0.1) is 0 Å². The van der Waals surface area contributed by atoms with Gasteiger partial charge >= 0.3 is 0 Å². The number of benzene rings is 1. The SMILES string of the molecule is Nc1nc(N)c2nc(SCc3ccc(Cl)cc3)c(N)nc2n1. The van der Waals surface area contributed by atoms with E-state index in [1.54, 1.807) is 0 Å². The van der Waals surface area contributed by atoms with E-state index in [-0.39, 0.29) is 17.6 Å². The third-order valence-corrected chi connectivity index (χ3v) is 4.16. The van der Waals surface area contributed by atoms with Gasteiger partial charge in [0.05, 0.1) is 0 Å². The Morgan fingerprint density at radius 2 is 1.64 bits per heavy atom. The molecule has 1 aromatic carbocycles. The molecular formula is C13H12ClN7S. The second kappa shape index (κ2) is 5.82. The lowest BCUT2D eigenvalue weighted by Crippen LogP contribution is -2.05. The van der Waals surface area contributed by atoms with Crippen molar-refractivity contribution < 1.29 is 0 Å². The minimum absolute atomic E-state index is 0.0419. The molecule has 0 amide bonds. The third kappa shape index (κ3) is 2.97. The highest BCUT2D eigenvalue weighted by molar-refractivity contribution is 7.98. The number of aromatic nitrogens is 4. The molecule has 0 aliphatic heterocycles. The summed E-state index contributed by atoms with van der Waals surface area (Å²) < 4.78 is 0. The van der Waals surface area contributed by atoms with Gasteiger partial charge in [-0.25, -0.2) is 9.97 Å². The van der Waals surface area contributed by atoms with Crippen LogP contribution < -0.4 is 17.2 Å². The first-order valence-corrected chi connectivity index (χ1v) is 7.63. The molecular weight excluding hydrogens is 322 g/mol. The summed E-state index contributed by atoms with van der Waals surface area (Å²) in [5.41, 5.74) is 19.0. The van der Waals surface area contributed by atoms with Gasteiger partial charge in [-0.2, -0.15) is 9.97 Å². The first-order valence-electron chi connectivity index (χ1n) is 6.26. The number of fused-ring (bicyclic) bond motifs is 1. The molecule has 0 aliphatic rings. The quantitative estimate of drug-likeness (QED) is 0.621. The van der Waals surface area contributed by atoms with Crippen molar-refractivity contribution in [2.75, 3.05) is 17.2 Å². The van der Waals surface area contributed by atoms with Crippen LogP contribution in [-0.2, 0) is 5.75 Å². The van der Waals surface area contributed by atoms with Crippen LogP contribution in [0.15, 0.2) is 29.3 Å². The molecule has 0 radical (unpaired) electrons. The zero-order valence-electron chi connectivity index (χ0n) is 11.3. The molecule has 0 bridgehead atoms. The second-order valence-electron chi connectivity index (χ2n) is 4.47. The maximum atomic E-state index is 5.92. The zero-order valence-corrected chi connectivity index (χ0v) is 12.9. The van der Waals surface area contributed by atoms with Gasteiger partial charge in [-0.1, -0.05) is 35.5 Å². The summed E-state index contributed by atoms with van der Waals surface area (Å²) >= 11 is 7.31. The molecule has 22 heavy (non-hydrogen) atoms. The highest BCUT2D eigenvalue weighted by Crippen LogP contribution is 2.28. The summed E-state index contributed by atoms with van der Waals surface area (Å²) in [5.74, 6) is 1.18. The summed E-state index contributed by atoms with van der Waals surface area (Å²) in [4.78, 5) is 16.4. The lowest BCUT2D eigenvalue weighted by Gasteiger charge is -2.07. The fourth-order valence-corrected chi connectivity index (χ4v) is 2.79. The summed E-state index contributed by atoms with van der Waals surface area (Å²) in [5, 5.41) is 1.27. The van der Waals surface area contributed by atoms with Crippen molar-refractivity contribution in [2.24, 2.45) is 0 Å². The molecule has 6 N–H and O–H groups in total. The van der Waals surface area contributed by atoms with Crippen LogP contribution in [0.2, 0.25) is 5.02 Å². The van der Waals surface area contributed by atoms with Crippen LogP contribution >= 0.6 is 23.4 Å². The number of hydrogen-bond acceptors (Lipinski definition) is 8. The van der Waals surface area contributed by atoms with Crippen LogP contribution in [0.25, 0.3) is 11.2 Å². The van der Waals surface area contributed by atoms with Gasteiger partial charge in [0.2, 0.25) is 5.95 Å². The van der Waals surface area contributed by atoms with Gasteiger partial charge in [0, 0.05) is 10.8 Å². The fourth-order valence-electron chi connectivity index (χ4n) is 1.82. The number of thioether (sulfide) groups is 1. The topological polar surface area (TPSA) is 130 Å². The first kappa shape index (κ1) is 14.6. The largest absolute Gasteiger partial charge is 0.382 e. The van der Waals surface area contributed by atoms with Crippen molar-refractivity contribution in [1.82, 2.24) is 19.9 Å². The Morgan fingerprint density at radius 3 is 2.36 bits per heavy atom. The van der Waals surface area contributed by atoms with Crippen molar-refractivity contribution in [3.63, 3.8) is 0 Å². The summed E-state index contributed by atoms with van der Waals surface area (Å²) in [6.07, 6.45) is 0. The maximum absolute atomic E-state index is 5.92. The molecule has 7 nitrogen and oxygen atoms in total. The Balaban J connectivity index is 1.90. The number of anilines is 3. The average molecular weight is 334 g/mol. The van der Waals surface area contributed by atoms with Gasteiger partial charge < -0.3 is 17.2 Å². The number of hydrogen-bond donors (Lipinski definition) is 3. The molecule has 0 saturated heterocycles. The molecule has 0 unspecified atom stereocenters. The van der Waals surface area contributed by atoms with Crippen molar-refractivity contribution in [3.05, 3.63) is 34.9 Å². The van der Waals surface area contributed by atoms with E-state index in [2.05, 4.69) is 19.9 Å². The molecule has 2 heterocycles. The van der Waals surface area contributed by atoms with Gasteiger partial charge in [0.1, 0.15) is 5.03 Å². The summed E-state index contributed by atoms with van der Waals surface area (Å²) in [7, 11) is 0. The standard InChI is InChI=1S/C13H12ClN7S/c14-7-3-1-6(2-4-7)5-22-12-10(16)19-11-8(18-12)9(15)20-13(17)21-11/h1-4H,5H2,(H6,15,16,17,19,20,21). The molecule has 0 fully saturated rings. The fraction of sp³-hybridized carbons (Fsp3) is 0.0769. The number of halogens is 1. The van der Waals surface area contributed by atoms with Crippen LogP contribution in [0.1, 0.15) is 5.56 Å². The molecule has 3 aromatic rings. The molecule has 0 spiro atoms. The van der Waals surface area contributed by atoms with E-state index in [4.69, 9.17) is 28.8 Å². The molecule has 0 saturated carbocycles. The van der Waals surface area contributed by atoms with Crippen LogP contribution in [0.4, 0.5) is 17.6 Å². The second-order valence-corrected chi connectivity index (χ2v) is 5.87. The van der Waals surface area contributed by atoms with E-state index >= 15 is 0 Å². The van der Waals surface area contributed by atoms with Gasteiger partial charge in [0.25, 0.3) is 0 Å². The van der Waals surface area contributed by atoms with Gasteiger partial charge in [0.15, 0.2) is 22.8 Å². The van der Waals surface area contributed by atoms with Crippen molar-refractivity contribution in [3.8, 4) is 0 Å². The molecule has 2 aromatic heterocycles. The number of nitrogens with two attached hydrogens (primary N) is 3. The van der Waals surface area contributed by atoms with Gasteiger partial charge in [-0.3, -0.25) is 0 Å². The monoisotopic (exact) mass is 333 g/mol. The van der Waals surface area contributed by atoms with E-state index in [9.17, 15) is 0 Å². The van der Waals surface area contributed by atoms with E-state index in [0.29, 0.717) is 27.0 Å². The minimum Gasteiger partial charge on any atom is -0.382 e. The van der Waals surface area contributed by atoms with E-state index < -0.39 is 0 Å². The number of rotatable bonds is 3. The predicted molar refractivity (Wildman–Crippen MR) is 89.4 cm³/mol. The van der Waals surface area contributed by atoms with Gasteiger partial charge in [-0.15, -0.1) is 0 Å². The van der Waals surface area contributed by atoms with Crippen LogP contribution in [0.5, 0.6) is 0 Å². The van der Waals surface area contributed by atoms with Crippen LogP contribution in [-0.4, -0.2) is 19.9 Å². The predicted octanol–water partition coefficient (Wildman–Crippen LogP) is 2.11. The Labute approximate surface area is 135 Å². The Hall–Kier alpha value is -2.32. The normalized spacial score (nSPS) is 11.0. The average Bonchev–Trinajstić information content (AvgIpc) is 2.47. The van der Waals surface area contributed by atoms with E-state index in [1.807, 2.05) is 24.3 Å². The summed E-state index contributed by atoms with van der Waals surface area (Å²) in [6, 6.07) is 7.55. The van der Waals surface area contributed by atoms with Crippen molar-refractivity contribution >= 4 is 52.1 Å².